The average molecular weight is 373 g/mol. The summed E-state index contributed by atoms with van der Waals surface area (Å²) in [7, 11) is 0. The van der Waals surface area contributed by atoms with Gasteiger partial charge < -0.3 is 5.32 Å². The Kier molecular flexibility index (Phi) is 4.33. The van der Waals surface area contributed by atoms with Crippen LogP contribution in [0.1, 0.15) is 4.88 Å². The van der Waals surface area contributed by atoms with Gasteiger partial charge in [-0.15, -0.1) is 11.3 Å². The highest BCUT2D eigenvalue weighted by Gasteiger charge is 2.22. The minimum Gasteiger partial charge on any atom is -0.307 e. The van der Waals surface area contributed by atoms with Crippen molar-refractivity contribution in [1.82, 2.24) is 10.3 Å². The highest BCUT2D eigenvalue weighted by Crippen LogP contribution is 2.33. The van der Waals surface area contributed by atoms with Crippen molar-refractivity contribution in [2.24, 2.45) is 0 Å². The van der Waals surface area contributed by atoms with Gasteiger partial charge in [-0.05, 0) is 24.3 Å². The van der Waals surface area contributed by atoms with Crippen molar-refractivity contribution in [1.29, 1.82) is 0 Å². The number of nitrogens with zero attached hydrogens (tertiary/aromatic N) is 1. The van der Waals surface area contributed by atoms with Gasteiger partial charge in [-0.3, -0.25) is 4.79 Å². The van der Waals surface area contributed by atoms with Gasteiger partial charge in [0.15, 0.2) is 0 Å². The minimum atomic E-state index is -0.175. The van der Waals surface area contributed by atoms with Crippen LogP contribution in [0.15, 0.2) is 29.3 Å². The van der Waals surface area contributed by atoms with E-state index >= 15 is 0 Å². The maximum atomic E-state index is 11.6. The first-order valence-electron chi connectivity index (χ1n) is 5.68. The molecule has 0 atom stereocenters. The van der Waals surface area contributed by atoms with Gasteiger partial charge in [0, 0.05) is 26.7 Å². The van der Waals surface area contributed by atoms with E-state index in [-0.39, 0.29) is 5.91 Å². The summed E-state index contributed by atoms with van der Waals surface area (Å²) in [6.45, 7) is 0. The van der Waals surface area contributed by atoms with Crippen LogP contribution in [0.3, 0.4) is 0 Å². The Balaban J connectivity index is 1.92. The number of aromatic nitrogens is 1. The Bertz CT molecular complexity index is 765. The van der Waals surface area contributed by atoms with Gasteiger partial charge in [-0.2, -0.15) is 0 Å². The molecule has 1 amide bonds. The molecule has 1 aliphatic heterocycles. The van der Waals surface area contributed by atoms with Crippen molar-refractivity contribution < 1.29 is 4.79 Å². The van der Waals surface area contributed by atoms with Gasteiger partial charge >= 0.3 is 0 Å². The van der Waals surface area contributed by atoms with Crippen molar-refractivity contribution in [3.8, 4) is 10.6 Å². The van der Waals surface area contributed by atoms with E-state index in [0.717, 1.165) is 15.4 Å². The molecule has 0 radical (unpaired) electrons. The van der Waals surface area contributed by atoms with Crippen molar-refractivity contribution in [3.63, 3.8) is 0 Å². The lowest BCUT2D eigenvalue weighted by atomic mass is 10.2. The van der Waals surface area contributed by atoms with E-state index in [1.807, 2.05) is 0 Å². The third kappa shape index (κ3) is 3.46. The van der Waals surface area contributed by atoms with Crippen molar-refractivity contribution in [3.05, 3.63) is 44.2 Å². The van der Waals surface area contributed by atoms with Gasteiger partial charge in [0.1, 0.15) is 9.33 Å². The molecule has 2 heterocycles. The van der Waals surface area contributed by atoms with Crippen LogP contribution in [0.4, 0.5) is 0 Å². The molecule has 1 saturated heterocycles. The number of halogens is 2. The van der Waals surface area contributed by atoms with E-state index in [1.165, 1.54) is 23.1 Å². The maximum absolute atomic E-state index is 11.6. The lowest BCUT2D eigenvalue weighted by Crippen LogP contribution is -2.17. The van der Waals surface area contributed by atoms with Gasteiger partial charge in [-0.25, -0.2) is 4.98 Å². The fourth-order valence-corrected chi connectivity index (χ4v) is 4.20. The monoisotopic (exact) mass is 372 g/mol. The molecule has 1 aliphatic rings. The van der Waals surface area contributed by atoms with Crippen LogP contribution in [0.2, 0.25) is 10.0 Å². The van der Waals surface area contributed by atoms with Crippen LogP contribution < -0.4 is 5.32 Å². The molecule has 106 valence electrons. The fraction of sp³-hybridized carbons (Fsp3) is 0. The number of hydrogen-bond donors (Lipinski definition) is 1. The summed E-state index contributed by atoms with van der Waals surface area (Å²) in [5.41, 5.74) is 0.848. The molecule has 1 fully saturated rings. The Hall–Kier alpha value is -0.920. The summed E-state index contributed by atoms with van der Waals surface area (Å²) in [5, 5.41) is 4.48. The van der Waals surface area contributed by atoms with Gasteiger partial charge in [0.2, 0.25) is 0 Å². The number of thiocarbonyl (C=S) groups is 1. The molecule has 1 aromatic heterocycles. The van der Waals surface area contributed by atoms with Gasteiger partial charge in [0.25, 0.3) is 5.91 Å². The summed E-state index contributed by atoms with van der Waals surface area (Å²) in [5.74, 6) is -0.175. The molecule has 0 unspecified atom stereocenters. The van der Waals surface area contributed by atoms with E-state index in [0.29, 0.717) is 19.3 Å². The molecule has 0 aliphatic carbocycles. The molecule has 3 rings (SSSR count). The van der Waals surface area contributed by atoms with Crippen LogP contribution in [0.25, 0.3) is 16.6 Å². The van der Waals surface area contributed by atoms with Gasteiger partial charge in [-0.1, -0.05) is 47.2 Å². The Morgan fingerprint density at radius 2 is 1.95 bits per heavy atom. The second-order valence-electron chi connectivity index (χ2n) is 4.08. The first-order valence-corrected chi connectivity index (χ1v) is 8.48. The average Bonchev–Trinajstić information content (AvgIpc) is 2.96. The first kappa shape index (κ1) is 15.0. The van der Waals surface area contributed by atoms with E-state index < -0.39 is 0 Å². The third-order valence-electron chi connectivity index (χ3n) is 2.55. The van der Waals surface area contributed by atoms with E-state index in [4.69, 9.17) is 35.4 Å². The Labute approximate surface area is 144 Å². The molecule has 3 nitrogen and oxygen atoms in total. The lowest BCUT2D eigenvalue weighted by Gasteiger charge is -1.98. The predicted molar refractivity (Wildman–Crippen MR) is 93.9 cm³/mol. The van der Waals surface area contributed by atoms with E-state index in [9.17, 15) is 4.79 Å². The van der Waals surface area contributed by atoms with Crippen LogP contribution in [-0.2, 0) is 4.79 Å². The Morgan fingerprint density at radius 3 is 2.57 bits per heavy atom. The number of thioether (sulfide) groups is 1. The molecular formula is C13H6Cl2N2OS3. The summed E-state index contributed by atoms with van der Waals surface area (Å²) >= 11 is 19.6. The number of carbonyl (C=O) groups excluding carboxylic acids is 1. The molecule has 1 aromatic carbocycles. The standard InChI is InChI=1S/C13H6Cl2N2OS3/c14-7-1-6(2-8(15)3-7)12-16-5-9(20-12)4-10-11(18)17-13(19)21-10/h1-5H,(H,17,18,19)/b10-4-. The number of thiazole rings is 1. The first-order chi connectivity index (χ1) is 10.0. The summed E-state index contributed by atoms with van der Waals surface area (Å²) in [6, 6.07) is 5.27. The number of hydrogen-bond acceptors (Lipinski definition) is 5. The quantitative estimate of drug-likeness (QED) is 0.617. The summed E-state index contributed by atoms with van der Waals surface area (Å²) < 4.78 is 0.470. The molecule has 0 spiro atoms. The topological polar surface area (TPSA) is 42.0 Å². The third-order valence-corrected chi connectivity index (χ3v) is 5.14. The molecule has 8 heteroatoms. The molecule has 21 heavy (non-hydrogen) atoms. The minimum absolute atomic E-state index is 0.175. The fourth-order valence-electron chi connectivity index (χ4n) is 1.71. The predicted octanol–water partition coefficient (Wildman–Crippen LogP) is 4.61. The smallest absolute Gasteiger partial charge is 0.263 e. The highest BCUT2D eigenvalue weighted by atomic mass is 35.5. The SMILES string of the molecule is O=C1NC(=S)S/C1=C\c1cnc(-c2cc(Cl)cc(Cl)c2)s1. The number of benzene rings is 1. The van der Waals surface area contributed by atoms with E-state index in [2.05, 4.69) is 10.3 Å². The van der Waals surface area contributed by atoms with Crippen molar-refractivity contribution >= 4 is 74.8 Å². The summed E-state index contributed by atoms with van der Waals surface area (Å²) in [4.78, 5) is 17.4. The molecule has 1 N–H and O–H groups in total. The zero-order chi connectivity index (χ0) is 15.0. The molecule has 0 bridgehead atoms. The lowest BCUT2D eigenvalue weighted by molar-refractivity contribution is -0.115. The van der Waals surface area contributed by atoms with Crippen LogP contribution in [0, 0.1) is 0 Å². The van der Waals surface area contributed by atoms with Crippen molar-refractivity contribution in [2.75, 3.05) is 0 Å². The zero-order valence-electron chi connectivity index (χ0n) is 10.2. The van der Waals surface area contributed by atoms with Gasteiger partial charge in [0.05, 0.1) is 4.91 Å². The molecule has 2 aromatic rings. The highest BCUT2D eigenvalue weighted by molar-refractivity contribution is 8.26. The summed E-state index contributed by atoms with van der Waals surface area (Å²) in [6.07, 6.45) is 3.48. The molecular weight excluding hydrogens is 367 g/mol. The number of carbonyl (C=O) groups is 1. The van der Waals surface area contributed by atoms with E-state index in [1.54, 1.807) is 30.5 Å². The number of nitrogens with one attached hydrogen (secondary N) is 1. The van der Waals surface area contributed by atoms with Crippen LogP contribution in [0.5, 0.6) is 0 Å². The van der Waals surface area contributed by atoms with Crippen LogP contribution >= 0.6 is 58.5 Å². The maximum Gasteiger partial charge on any atom is 0.263 e. The second-order valence-corrected chi connectivity index (χ2v) is 7.73. The van der Waals surface area contributed by atoms with Crippen molar-refractivity contribution in [2.45, 2.75) is 0 Å². The molecule has 0 saturated carbocycles. The number of amides is 1. The van der Waals surface area contributed by atoms with Crippen LogP contribution in [-0.4, -0.2) is 15.2 Å². The normalized spacial score (nSPS) is 16.6. The largest absolute Gasteiger partial charge is 0.307 e. The second kappa shape index (κ2) is 6.06. The number of rotatable bonds is 2. The zero-order valence-corrected chi connectivity index (χ0v) is 14.2. The Morgan fingerprint density at radius 1 is 1.24 bits per heavy atom.